The van der Waals surface area contributed by atoms with Crippen LogP contribution in [0.5, 0.6) is 0 Å². The molecular formula is C12H25N3O3. The van der Waals surface area contributed by atoms with Gasteiger partial charge < -0.3 is 15.4 Å². The molecule has 0 aliphatic rings. The third kappa shape index (κ3) is 8.03. The first-order chi connectivity index (χ1) is 8.51. The molecule has 0 saturated heterocycles. The molecule has 6 nitrogen and oxygen atoms in total. The van der Waals surface area contributed by atoms with E-state index in [0.717, 1.165) is 6.42 Å². The van der Waals surface area contributed by atoms with Crippen LogP contribution in [0.2, 0.25) is 0 Å². The average molecular weight is 259 g/mol. The maximum Gasteiger partial charge on any atom is 0.236 e. The van der Waals surface area contributed by atoms with Crippen LogP contribution >= 0.6 is 0 Å². The van der Waals surface area contributed by atoms with Crippen molar-refractivity contribution in [2.75, 3.05) is 26.8 Å². The van der Waals surface area contributed by atoms with Crippen molar-refractivity contribution in [1.29, 1.82) is 0 Å². The predicted octanol–water partition coefficient (Wildman–Crippen LogP) is -0.358. The van der Waals surface area contributed by atoms with Gasteiger partial charge in [0.15, 0.2) is 0 Å². The Balaban J connectivity index is 3.80. The molecule has 0 fully saturated rings. The summed E-state index contributed by atoms with van der Waals surface area (Å²) in [5.41, 5.74) is 0. The lowest BCUT2D eigenvalue weighted by Gasteiger charge is -2.16. The summed E-state index contributed by atoms with van der Waals surface area (Å²) in [5.74, 6) is -0.232. The molecule has 2 unspecified atom stereocenters. The van der Waals surface area contributed by atoms with Crippen LogP contribution in [0.25, 0.3) is 0 Å². The fraction of sp³-hybridized carbons (Fsp3) is 0.833. The van der Waals surface area contributed by atoms with Crippen LogP contribution < -0.4 is 16.0 Å². The van der Waals surface area contributed by atoms with Gasteiger partial charge in [0.05, 0.1) is 19.2 Å². The zero-order chi connectivity index (χ0) is 14.0. The summed E-state index contributed by atoms with van der Waals surface area (Å²) in [7, 11) is 1.58. The summed E-state index contributed by atoms with van der Waals surface area (Å²) < 4.78 is 4.91. The fourth-order valence-electron chi connectivity index (χ4n) is 1.36. The summed E-state index contributed by atoms with van der Waals surface area (Å²) in [6, 6.07) is -0.409. The SMILES string of the molecule is CCCNC(=O)C(C)NCC(=O)NC(C)COC. The van der Waals surface area contributed by atoms with Gasteiger partial charge in [-0.15, -0.1) is 0 Å². The van der Waals surface area contributed by atoms with Crippen LogP contribution in [-0.2, 0) is 14.3 Å². The van der Waals surface area contributed by atoms with Crippen molar-refractivity contribution in [3.63, 3.8) is 0 Å². The molecule has 0 bridgehead atoms. The monoisotopic (exact) mass is 259 g/mol. The summed E-state index contributed by atoms with van der Waals surface area (Å²) in [6.07, 6.45) is 0.896. The number of hydrogen-bond acceptors (Lipinski definition) is 4. The van der Waals surface area contributed by atoms with Gasteiger partial charge in [-0.1, -0.05) is 6.92 Å². The predicted molar refractivity (Wildman–Crippen MR) is 70.2 cm³/mol. The van der Waals surface area contributed by atoms with E-state index in [-0.39, 0.29) is 30.4 Å². The number of rotatable bonds is 9. The van der Waals surface area contributed by atoms with Crippen LogP contribution in [0, 0.1) is 0 Å². The summed E-state index contributed by atoms with van der Waals surface area (Å²) in [6.45, 7) is 6.83. The second-order valence-corrected chi connectivity index (χ2v) is 4.32. The Kier molecular flexibility index (Phi) is 9.22. The van der Waals surface area contributed by atoms with Gasteiger partial charge in [-0.2, -0.15) is 0 Å². The van der Waals surface area contributed by atoms with Crippen molar-refractivity contribution in [3.8, 4) is 0 Å². The van der Waals surface area contributed by atoms with Crippen molar-refractivity contribution in [1.82, 2.24) is 16.0 Å². The number of hydrogen-bond donors (Lipinski definition) is 3. The lowest BCUT2D eigenvalue weighted by atomic mass is 10.3. The summed E-state index contributed by atoms with van der Waals surface area (Å²) in [4.78, 5) is 23.0. The minimum Gasteiger partial charge on any atom is -0.383 e. The molecule has 0 spiro atoms. The molecule has 0 aromatic rings. The van der Waals surface area contributed by atoms with E-state index >= 15 is 0 Å². The minimum absolute atomic E-state index is 0.0338. The number of nitrogens with one attached hydrogen (secondary N) is 3. The van der Waals surface area contributed by atoms with Gasteiger partial charge in [0.2, 0.25) is 11.8 Å². The van der Waals surface area contributed by atoms with Gasteiger partial charge in [0.1, 0.15) is 0 Å². The molecule has 6 heteroatoms. The van der Waals surface area contributed by atoms with Gasteiger partial charge >= 0.3 is 0 Å². The first kappa shape index (κ1) is 16.9. The Morgan fingerprint density at radius 1 is 1.28 bits per heavy atom. The lowest BCUT2D eigenvalue weighted by molar-refractivity contribution is -0.123. The molecule has 0 saturated carbocycles. The Hall–Kier alpha value is -1.14. The quantitative estimate of drug-likeness (QED) is 0.528. The first-order valence-corrected chi connectivity index (χ1v) is 6.30. The molecule has 0 heterocycles. The fourth-order valence-corrected chi connectivity index (χ4v) is 1.36. The van der Waals surface area contributed by atoms with Gasteiger partial charge in [-0.05, 0) is 20.3 Å². The first-order valence-electron chi connectivity index (χ1n) is 6.30. The second-order valence-electron chi connectivity index (χ2n) is 4.32. The molecule has 18 heavy (non-hydrogen) atoms. The highest BCUT2D eigenvalue weighted by atomic mass is 16.5. The van der Waals surface area contributed by atoms with Crippen molar-refractivity contribution in [2.24, 2.45) is 0 Å². The highest BCUT2D eigenvalue weighted by Gasteiger charge is 2.13. The highest BCUT2D eigenvalue weighted by Crippen LogP contribution is 1.85. The van der Waals surface area contributed by atoms with E-state index in [2.05, 4.69) is 16.0 Å². The van der Waals surface area contributed by atoms with E-state index in [0.29, 0.717) is 13.2 Å². The van der Waals surface area contributed by atoms with E-state index in [4.69, 9.17) is 4.74 Å². The minimum atomic E-state index is -0.375. The maximum absolute atomic E-state index is 11.5. The largest absolute Gasteiger partial charge is 0.383 e. The van der Waals surface area contributed by atoms with Crippen molar-refractivity contribution >= 4 is 11.8 Å². The third-order valence-electron chi connectivity index (χ3n) is 2.34. The molecule has 0 aromatic heterocycles. The Morgan fingerprint density at radius 2 is 1.94 bits per heavy atom. The molecule has 106 valence electrons. The van der Waals surface area contributed by atoms with Gasteiger partial charge in [0.25, 0.3) is 0 Å². The maximum atomic E-state index is 11.5. The molecule has 0 aliphatic heterocycles. The van der Waals surface area contributed by atoms with E-state index in [1.807, 2.05) is 13.8 Å². The van der Waals surface area contributed by atoms with E-state index in [1.165, 1.54) is 0 Å². The number of methoxy groups -OCH3 is 1. The second kappa shape index (κ2) is 9.85. The zero-order valence-electron chi connectivity index (χ0n) is 11.7. The third-order valence-corrected chi connectivity index (χ3v) is 2.34. The Morgan fingerprint density at radius 3 is 2.50 bits per heavy atom. The van der Waals surface area contributed by atoms with Crippen LogP contribution in [0.1, 0.15) is 27.2 Å². The molecule has 0 aliphatic carbocycles. The smallest absolute Gasteiger partial charge is 0.236 e. The molecule has 0 aromatic carbocycles. The van der Waals surface area contributed by atoms with Crippen LogP contribution in [0.4, 0.5) is 0 Å². The van der Waals surface area contributed by atoms with Gasteiger partial charge in [-0.3, -0.25) is 14.9 Å². The molecule has 2 amide bonds. The molecule has 3 N–H and O–H groups in total. The van der Waals surface area contributed by atoms with Gasteiger partial charge in [0, 0.05) is 19.7 Å². The Labute approximate surface area is 109 Å². The molecule has 2 atom stereocenters. The van der Waals surface area contributed by atoms with Crippen LogP contribution in [0.15, 0.2) is 0 Å². The lowest BCUT2D eigenvalue weighted by Crippen LogP contribution is -2.47. The number of carbonyl (C=O) groups is 2. The number of carbonyl (C=O) groups excluding carboxylic acids is 2. The van der Waals surface area contributed by atoms with Crippen LogP contribution in [0.3, 0.4) is 0 Å². The molecule has 0 rings (SSSR count). The molecular weight excluding hydrogens is 234 g/mol. The van der Waals surface area contributed by atoms with Gasteiger partial charge in [-0.25, -0.2) is 0 Å². The standard InChI is InChI=1S/C12H25N3O3/c1-5-6-13-12(17)10(3)14-7-11(16)15-9(2)8-18-4/h9-10,14H,5-8H2,1-4H3,(H,13,17)(H,15,16). The van der Waals surface area contributed by atoms with E-state index < -0.39 is 0 Å². The Bertz CT molecular complexity index is 259. The van der Waals surface area contributed by atoms with Crippen molar-refractivity contribution < 1.29 is 14.3 Å². The summed E-state index contributed by atoms with van der Waals surface area (Å²) in [5, 5.41) is 8.40. The van der Waals surface area contributed by atoms with Crippen molar-refractivity contribution in [2.45, 2.75) is 39.3 Å². The highest BCUT2D eigenvalue weighted by molar-refractivity contribution is 5.83. The topological polar surface area (TPSA) is 79.5 Å². The summed E-state index contributed by atoms with van der Waals surface area (Å²) >= 11 is 0. The van der Waals surface area contributed by atoms with Crippen molar-refractivity contribution in [3.05, 3.63) is 0 Å². The van der Waals surface area contributed by atoms with E-state index in [9.17, 15) is 9.59 Å². The normalized spacial score (nSPS) is 13.8. The number of amides is 2. The van der Waals surface area contributed by atoms with E-state index in [1.54, 1.807) is 14.0 Å². The zero-order valence-corrected chi connectivity index (χ0v) is 11.7. The van der Waals surface area contributed by atoms with Crippen LogP contribution in [-0.4, -0.2) is 50.7 Å². The molecule has 0 radical (unpaired) electrons. The average Bonchev–Trinajstić information content (AvgIpc) is 2.33. The number of ether oxygens (including phenoxy) is 1.